The molecule has 84 valence electrons. The second-order valence-corrected chi connectivity index (χ2v) is 4.36. The van der Waals surface area contributed by atoms with Crippen molar-refractivity contribution in [1.29, 1.82) is 0 Å². The summed E-state index contributed by atoms with van der Waals surface area (Å²) in [5.41, 5.74) is 0. The van der Waals surface area contributed by atoms with Gasteiger partial charge in [0.2, 0.25) is 0 Å². The van der Waals surface area contributed by atoms with E-state index in [-0.39, 0.29) is 6.61 Å². The van der Waals surface area contributed by atoms with Gasteiger partial charge < -0.3 is 5.11 Å². The van der Waals surface area contributed by atoms with Gasteiger partial charge in [-0.15, -0.1) is 0 Å². The van der Waals surface area contributed by atoms with Gasteiger partial charge in [0, 0.05) is 19.4 Å². The lowest BCUT2D eigenvalue weighted by Crippen LogP contribution is -2.00. The number of carbonyl (C=O) groups is 1. The highest BCUT2D eigenvalue weighted by Crippen LogP contribution is 2.09. The van der Waals surface area contributed by atoms with E-state index in [9.17, 15) is 4.79 Å². The zero-order valence-electron chi connectivity index (χ0n) is 9.59. The fraction of sp³-hybridized carbons (Fsp3) is 0.917. The minimum atomic E-state index is 0.279. The zero-order valence-corrected chi connectivity index (χ0v) is 9.59. The topological polar surface area (TPSA) is 37.3 Å². The van der Waals surface area contributed by atoms with Crippen LogP contribution in [0.1, 0.15) is 58.8 Å². The Hall–Kier alpha value is -0.370. The van der Waals surface area contributed by atoms with Gasteiger partial charge in [0.25, 0.3) is 0 Å². The van der Waals surface area contributed by atoms with Crippen LogP contribution in [-0.2, 0) is 4.79 Å². The summed E-state index contributed by atoms with van der Waals surface area (Å²) in [5, 5.41) is 8.55. The highest BCUT2D eigenvalue weighted by atomic mass is 16.2. The second kappa shape index (κ2) is 9.20. The molecule has 2 nitrogen and oxygen atoms in total. The first-order valence-electron chi connectivity index (χ1n) is 5.79. The molecule has 0 aromatic carbocycles. The van der Waals surface area contributed by atoms with Gasteiger partial charge in [-0.3, -0.25) is 4.79 Å². The minimum absolute atomic E-state index is 0.279. The Morgan fingerprint density at radius 1 is 1.07 bits per heavy atom. The summed E-state index contributed by atoms with van der Waals surface area (Å²) in [6, 6.07) is 0. The molecule has 0 aliphatic heterocycles. The van der Waals surface area contributed by atoms with Crippen LogP contribution in [0.3, 0.4) is 0 Å². The number of carbonyl (C=O) groups excluding carboxylic acids is 1. The largest absolute Gasteiger partial charge is 0.396 e. The van der Waals surface area contributed by atoms with E-state index >= 15 is 0 Å². The number of aliphatic hydroxyl groups excluding tert-OH is 1. The Morgan fingerprint density at radius 2 is 1.71 bits per heavy atom. The molecule has 0 spiro atoms. The molecule has 0 fully saturated rings. The summed E-state index contributed by atoms with van der Waals surface area (Å²) >= 11 is 0. The third kappa shape index (κ3) is 9.72. The van der Waals surface area contributed by atoms with Gasteiger partial charge in [-0.2, -0.15) is 0 Å². The molecule has 0 saturated heterocycles. The fourth-order valence-electron chi connectivity index (χ4n) is 1.36. The molecule has 0 aliphatic rings. The van der Waals surface area contributed by atoms with E-state index in [1.807, 2.05) is 0 Å². The van der Waals surface area contributed by atoms with E-state index in [1.165, 1.54) is 0 Å². The first-order chi connectivity index (χ1) is 6.66. The Balaban J connectivity index is 3.18. The van der Waals surface area contributed by atoms with Crippen LogP contribution in [-0.4, -0.2) is 17.5 Å². The lowest BCUT2D eigenvalue weighted by atomic mass is 10.0. The average Bonchev–Trinajstić information content (AvgIpc) is 2.14. The monoisotopic (exact) mass is 200 g/mol. The zero-order chi connectivity index (χ0) is 10.8. The number of rotatable bonds is 9. The van der Waals surface area contributed by atoms with Crippen molar-refractivity contribution in [3.8, 4) is 0 Å². The van der Waals surface area contributed by atoms with E-state index in [0.717, 1.165) is 44.9 Å². The summed E-state index contributed by atoms with van der Waals surface area (Å²) in [4.78, 5) is 11.3. The van der Waals surface area contributed by atoms with Crippen LogP contribution >= 0.6 is 0 Å². The molecule has 0 aliphatic carbocycles. The summed E-state index contributed by atoms with van der Waals surface area (Å²) in [6.07, 6.45) is 6.50. The van der Waals surface area contributed by atoms with Gasteiger partial charge in [-0.25, -0.2) is 0 Å². The number of Topliss-reactive ketones (excluding diaryl/α,β-unsaturated/α-hetero) is 1. The van der Waals surface area contributed by atoms with Gasteiger partial charge in [-0.1, -0.05) is 26.7 Å². The van der Waals surface area contributed by atoms with Crippen molar-refractivity contribution in [3.63, 3.8) is 0 Å². The molecule has 14 heavy (non-hydrogen) atoms. The second-order valence-electron chi connectivity index (χ2n) is 4.36. The maximum Gasteiger partial charge on any atom is 0.132 e. The molecule has 0 heterocycles. The Kier molecular flexibility index (Phi) is 8.95. The first kappa shape index (κ1) is 13.6. The molecular formula is C12H24O2. The summed E-state index contributed by atoms with van der Waals surface area (Å²) < 4.78 is 0. The molecular weight excluding hydrogens is 176 g/mol. The van der Waals surface area contributed by atoms with Crippen molar-refractivity contribution in [1.82, 2.24) is 0 Å². The first-order valence-corrected chi connectivity index (χ1v) is 5.79. The summed E-state index contributed by atoms with van der Waals surface area (Å²) in [7, 11) is 0. The Labute approximate surface area is 87.7 Å². The highest BCUT2D eigenvalue weighted by Gasteiger charge is 2.03. The predicted molar refractivity (Wildman–Crippen MR) is 59.2 cm³/mol. The standard InChI is InChI=1S/C12H24O2/c1-11(2)8-9-12(14)7-5-3-4-6-10-13/h11,13H,3-10H2,1-2H3. The SMILES string of the molecule is CC(C)CCC(=O)CCCCCCO. The minimum Gasteiger partial charge on any atom is -0.396 e. The third-order valence-corrected chi connectivity index (χ3v) is 2.36. The van der Waals surface area contributed by atoms with Gasteiger partial charge in [0.15, 0.2) is 0 Å². The normalized spacial score (nSPS) is 10.9. The third-order valence-electron chi connectivity index (χ3n) is 2.36. The van der Waals surface area contributed by atoms with Crippen molar-refractivity contribution >= 4 is 5.78 Å². The summed E-state index contributed by atoms with van der Waals surface area (Å²) in [6.45, 7) is 4.57. The van der Waals surface area contributed by atoms with E-state index < -0.39 is 0 Å². The van der Waals surface area contributed by atoms with Crippen LogP contribution in [0.5, 0.6) is 0 Å². The number of hydrogen-bond donors (Lipinski definition) is 1. The number of hydrogen-bond acceptors (Lipinski definition) is 2. The lowest BCUT2D eigenvalue weighted by Gasteiger charge is -2.03. The maximum absolute atomic E-state index is 11.3. The van der Waals surface area contributed by atoms with Crippen molar-refractivity contribution in [2.45, 2.75) is 58.8 Å². The van der Waals surface area contributed by atoms with E-state index in [2.05, 4.69) is 13.8 Å². The molecule has 0 saturated carbocycles. The molecule has 0 atom stereocenters. The number of aliphatic hydroxyl groups is 1. The van der Waals surface area contributed by atoms with Crippen LogP contribution in [0.25, 0.3) is 0 Å². The van der Waals surface area contributed by atoms with Crippen molar-refractivity contribution in [3.05, 3.63) is 0 Å². The molecule has 0 bridgehead atoms. The van der Waals surface area contributed by atoms with Gasteiger partial charge in [-0.05, 0) is 25.2 Å². The van der Waals surface area contributed by atoms with Crippen LogP contribution in [0.15, 0.2) is 0 Å². The van der Waals surface area contributed by atoms with E-state index in [1.54, 1.807) is 0 Å². The van der Waals surface area contributed by atoms with Crippen LogP contribution in [0.4, 0.5) is 0 Å². The van der Waals surface area contributed by atoms with Crippen LogP contribution in [0.2, 0.25) is 0 Å². The Bertz CT molecular complexity index is 141. The number of unbranched alkanes of at least 4 members (excludes halogenated alkanes) is 3. The molecule has 1 N–H and O–H groups in total. The molecule has 0 aromatic heterocycles. The van der Waals surface area contributed by atoms with E-state index in [4.69, 9.17) is 5.11 Å². The van der Waals surface area contributed by atoms with Gasteiger partial charge in [0.1, 0.15) is 5.78 Å². The molecule has 0 radical (unpaired) electrons. The Morgan fingerprint density at radius 3 is 2.29 bits per heavy atom. The molecule has 0 aromatic rings. The highest BCUT2D eigenvalue weighted by molar-refractivity contribution is 5.78. The predicted octanol–water partition coefficient (Wildman–Crippen LogP) is 2.93. The van der Waals surface area contributed by atoms with Crippen LogP contribution in [0, 0.1) is 5.92 Å². The quantitative estimate of drug-likeness (QED) is 0.581. The van der Waals surface area contributed by atoms with Gasteiger partial charge in [0.05, 0.1) is 0 Å². The lowest BCUT2D eigenvalue weighted by molar-refractivity contribution is -0.119. The average molecular weight is 200 g/mol. The maximum atomic E-state index is 11.3. The number of ketones is 1. The molecule has 2 heteroatoms. The smallest absolute Gasteiger partial charge is 0.132 e. The fourth-order valence-corrected chi connectivity index (χ4v) is 1.36. The van der Waals surface area contributed by atoms with Gasteiger partial charge >= 0.3 is 0 Å². The van der Waals surface area contributed by atoms with Crippen molar-refractivity contribution < 1.29 is 9.90 Å². The molecule has 0 rings (SSSR count). The van der Waals surface area contributed by atoms with Crippen molar-refractivity contribution in [2.24, 2.45) is 5.92 Å². The van der Waals surface area contributed by atoms with Crippen LogP contribution < -0.4 is 0 Å². The molecule has 0 unspecified atom stereocenters. The van der Waals surface area contributed by atoms with E-state index in [0.29, 0.717) is 11.7 Å². The summed E-state index contributed by atoms with van der Waals surface area (Å²) in [5.74, 6) is 1.04. The van der Waals surface area contributed by atoms with Crippen molar-refractivity contribution in [2.75, 3.05) is 6.61 Å². The molecule has 0 amide bonds.